The third-order valence-electron chi connectivity index (χ3n) is 6.01. The summed E-state index contributed by atoms with van der Waals surface area (Å²) in [7, 11) is 0. The Morgan fingerprint density at radius 1 is 1.00 bits per heavy atom. The molecule has 41 heavy (non-hydrogen) atoms. The summed E-state index contributed by atoms with van der Waals surface area (Å²) < 4.78 is 75.1. The molecule has 214 valence electrons. The van der Waals surface area contributed by atoms with Gasteiger partial charge in [0.2, 0.25) is 5.69 Å². The molecule has 1 unspecified atom stereocenters. The van der Waals surface area contributed by atoms with Crippen molar-refractivity contribution in [3.05, 3.63) is 82.1 Å². The standard InChI is InChI=1S/C23H16Cl2F5N9O2/c24-14-2-4-18(37-11-31-34-35-37)19(20(14)26)12-1-3-17(38(40)10-12)16(5-6-41-23(29)30)36-9-13(7-32-36)21-15(25)8-33-39(21)22(27)28/h1-4,7-11,16,22-23H,5-6H2. The van der Waals surface area contributed by atoms with Crippen molar-refractivity contribution >= 4 is 23.2 Å². The first-order valence-corrected chi connectivity index (χ1v) is 12.3. The average Bonchev–Trinajstić information content (AvgIpc) is 3.69. The number of alkyl halides is 4. The van der Waals surface area contributed by atoms with Crippen LogP contribution in [0.2, 0.25) is 10.0 Å². The number of nitrogens with zero attached hydrogens (tertiary/aromatic N) is 9. The highest BCUT2D eigenvalue weighted by atomic mass is 35.5. The first kappa shape index (κ1) is 28.4. The van der Waals surface area contributed by atoms with E-state index >= 15 is 4.39 Å². The average molecular weight is 616 g/mol. The second-order valence-electron chi connectivity index (χ2n) is 8.39. The van der Waals surface area contributed by atoms with Crippen LogP contribution in [-0.4, -0.2) is 53.0 Å². The van der Waals surface area contributed by atoms with Crippen LogP contribution in [0.3, 0.4) is 0 Å². The van der Waals surface area contributed by atoms with E-state index in [-0.39, 0.29) is 50.2 Å². The van der Waals surface area contributed by atoms with Crippen molar-refractivity contribution in [3.63, 3.8) is 0 Å². The Kier molecular flexibility index (Phi) is 8.14. The molecule has 4 heterocycles. The molecule has 0 radical (unpaired) electrons. The molecule has 1 atom stereocenters. The number of hydrogen-bond acceptors (Lipinski definition) is 7. The van der Waals surface area contributed by atoms with Crippen LogP contribution >= 0.6 is 23.2 Å². The van der Waals surface area contributed by atoms with Gasteiger partial charge in [-0.05, 0) is 28.6 Å². The molecule has 0 N–H and O–H groups in total. The molecule has 5 aromatic rings. The Hall–Kier alpha value is -4.15. The molecule has 0 aliphatic carbocycles. The van der Waals surface area contributed by atoms with Crippen molar-refractivity contribution in [2.24, 2.45) is 0 Å². The van der Waals surface area contributed by atoms with E-state index < -0.39 is 31.6 Å². The Morgan fingerprint density at radius 2 is 1.80 bits per heavy atom. The highest BCUT2D eigenvalue weighted by molar-refractivity contribution is 6.33. The third kappa shape index (κ3) is 5.71. The SMILES string of the molecule is [O-][n+]1cc(-c2c(-n3cnnn3)ccc(Cl)c2F)ccc1C(CCOC(F)F)n1cc(-c2c(Cl)cnn2C(F)F)cn1. The molecule has 4 aromatic heterocycles. The number of hydrogen-bond donors (Lipinski definition) is 0. The van der Waals surface area contributed by atoms with E-state index in [2.05, 4.69) is 30.5 Å². The van der Waals surface area contributed by atoms with E-state index in [0.717, 1.165) is 12.4 Å². The Balaban J connectivity index is 1.56. The largest absolute Gasteiger partial charge is 0.618 e. The third-order valence-corrected chi connectivity index (χ3v) is 6.58. The van der Waals surface area contributed by atoms with Crippen molar-refractivity contribution in [2.45, 2.75) is 25.6 Å². The smallest absolute Gasteiger partial charge is 0.345 e. The van der Waals surface area contributed by atoms with Gasteiger partial charge in [0.25, 0.3) is 0 Å². The van der Waals surface area contributed by atoms with Crippen molar-refractivity contribution in [3.8, 4) is 28.1 Å². The topological polar surface area (TPSA) is 115 Å². The number of rotatable bonds is 10. The maximum atomic E-state index is 15.2. The van der Waals surface area contributed by atoms with Crippen LogP contribution in [0, 0.1) is 11.0 Å². The first-order valence-electron chi connectivity index (χ1n) is 11.6. The van der Waals surface area contributed by atoms with E-state index in [1.165, 1.54) is 52.4 Å². The molecule has 0 aliphatic heterocycles. The summed E-state index contributed by atoms with van der Waals surface area (Å²) in [5, 5.41) is 31.5. The molecule has 1 aromatic carbocycles. The zero-order valence-electron chi connectivity index (χ0n) is 20.3. The van der Waals surface area contributed by atoms with Crippen LogP contribution < -0.4 is 4.73 Å². The van der Waals surface area contributed by atoms with Gasteiger partial charge in [-0.15, -0.1) is 5.10 Å². The van der Waals surface area contributed by atoms with Crippen LogP contribution in [0.15, 0.2) is 55.4 Å². The predicted molar refractivity (Wildman–Crippen MR) is 133 cm³/mol. The van der Waals surface area contributed by atoms with E-state index in [4.69, 9.17) is 23.2 Å². The van der Waals surface area contributed by atoms with Crippen LogP contribution in [0.25, 0.3) is 28.1 Å². The van der Waals surface area contributed by atoms with Crippen LogP contribution in [0.4, 0.5) is 22.0 Å². The molecule has 0 bridgehead atoms. The lowest BCUT2D eigenvalue weighted by Crippen LogP contribution is -2.36. The second-order valence-corrected chi connectivity index (χ2v) is 9.20. The fourth-order valence-corrected chi connectivity index (χ4v) is 4.65. The van der Waals surface area contributed by atoms with Crippen molar-refractivity contribution in [1.29, 1.82) is 0 Å². The Labute approximate surface area is 236 Å². The monoisotopic (exact) mass is 615 g/mol. The van der Waals surface area contributed by atoms with Gasteiger partial charge in [-0.3, -0.25) is 4.68 Å². The van der Waals surface area contributed by atoms with E-state index in [9.17, 15) is 22.8 Å². The van der Waals surface area contributed by atoms with Crippen molar-refractivity contribution < 1.29 is 31.4 Å². The highest BCUT2D eigenvalue weighted by Gasteiger charge is 2.27. The quantitative estimate of drug-likeness (QED) is 0.122. The summed E-state index contributed by atoms with van der Waals surface area (Å²) in [6.07, 6.45) is 5.69. The number of benzene rings is 1. The van der Waals surface area contributed by atoms with E-state index in [1.807, 2.05) is 0 Å². The number of tetrazole rings is 1. The molecular weight excluding hydrogens is 600 g/mol. The Bertz CT molecular complexity index is 1660. The maximum absolute atomic E-state index is 15.2. The minimum Gasteiger partial charge on any atom is -0.618 e. The molecule has 0 fully saturated rings. The van der Waals surface area contributed by atoms with Gasteiger partial charge in [-0.1, -0.05) is 23.2 Å². The van der Waals surface area contributed by atoms with E-state index in [0.29, 0.717) is 9.41 Å². The van der Waals surface area contributed by atoms with Gasteiger partial charge in [-0.2, -0.15) is 37.2 Å². The van der Waals surface area contributed by atoms with E-state index in [1.54, 1.807) is 0 Å². The summed E-state index contributed by atoms with van der Waals surface area (Å²) in [5.41, 5.74) is 0.221. The summed E-state index contributed by atoms with van der Waals surface area (Å²) >= 11 is 12.1. The number of aromatic nitrogens is 9. The summed E-state index contributed by atoms with van der Waals surface area (Å²) in [5.74, 6) is -0.835. The predicted octanol–water partition coefficient (Wildman–Crippen LogP) is 5.08. The fraction of sp³-hybridized carbons (Fsp3) is 0.217. The molecule has 0 amide bonds. The van der Waals surface area contributed by atoms with Crippen molar-refractivity contribution in [2.75, 3.05) is 6.61 Å². The van der Waals surface area contributed by atoms with Gasteiger partial charge in [0.05, 0.1) is 51.6 Å². The zero-order valence-corrected chi connectivity index (χ0v) is 21.8. The second kappa shape index (κ2) is 11.8. The Morgan fingerprint density at radius 3 is 2.49 bits per heavy atom. The van der Waals surface area contributed by atoms with Crippen LogP contribution in [0.1, 0.15) is 24.7 Å². The zero-order chi connectivity index (χ0) is 29.3. The van der Waals surface area contributed by atoms with Crippen LogP contribution in [0.5, 0.6) is 0 Å². The lowest BCUT2D eigenvalue weighted by atomic mass is 10.0. The maximum Gasteiger partial charge on any atom is 0.345 e. The van der Waals surface area contributed by atoms with Gasteiger partial charge < -0.3 is 9.94 Å². The van der Waals surface area contributed by atoms with Gasteiger partial charge in [0, 0.05) is 24.2 Å². The number of ether oxygens (including phenoxy) is 1. The highest BCUT2D eigenvalue weighted by Crippen LogP contribution is 2.35. The summed E-state index contributed by atoms with van der Waals surface area (Å²) in [4.78, 5) is 0. The normalized spacial score (nSPS) is 12.5. The minimum atomic E-state index is -3.07. The summed E-state index contributed by atoms with van der Waals surface area (Å²) in [6.45, 7) is -6.56. The molecular formula is C23H16Cl2F5N9O2. The van der Waals surface area contributed by atoms with Gasteiger partial charge in [0.1, 0.15) is 12.4 Å². The lowest BCUT2D eigenvalue weighted by Gasteiger charge is -2.18. The van der Waals surface area contributed by atoms with Crippen LogP contribution in [-0.2, 0) is 4.74 Å². The van der Waals surface area contributed by atoms with Gasteiger partial charge in [-0.25, -0.2) is 9.07 Å². The first-order chi connectivity index (χ1) is 19.7. The van der Waals surface area contributed by atoms with Gasteiger partial charge >= 0.3 is 13.2 Å². The number of pyridine rings is 1. The fourth-order valence-electron chi connectivity index (χ4n) is 4.25. The molecule has 11 nitrogen and oxygen atoms in total. The van der Waals surface area contributed by atoms with Crippen molar-refractivity contribution in [1.82, 2.24) is 39.8 Å². The molecule has 18 heteroatoms. The van der Waals surface area contributed by atoms with Gasteiger partial charge in [0.15, 0.2) is 12.0 Å². The minimum absolute atomic E-state index is 0.00105. The lowest BCUT2D eigenvalue weighted by molar-refractivity contribution is -0.615. The molecule has 0 spiro atoms. The molecule has 5 rings (SSSR count). The molecule has 0 aliphatic rings. The molecule has 0 saturated carbocycles. The number of halogens is 7. The summed E-state index contributed by atoms with van der Waals surface area (Å²) in [6, 6.07) is 4.51. The molecule has 0 saturated heterocycles.